The standard InChI is InChI=1S/C9H13ClF3NO/c10-7-2-1-5-14(6-7)8(15)3-4-9(11,12)13/h7H,1-6H2. The van der Waals surface area contributed by atoms with Gasteiger partial charge in [0.1, 0.15) is 0 Å². The number of halogens is 4. The Bertz CT molecular complexity index is 232. The van der Waals surface area contributed by atoms with E-state index in [1.807, 2.05) is 0 Å². The van der Waals surface area contributed by atoms with Gasteiger partial charge in [-0.05, 0) is 12.8 Å². The fraction of sp³-hybridized carbons (Fsp3) is 0.889. The van der Waals surface area contributed by atoms with Crippen LogP contribution in [0.3, 0.4) is 0 Å². The minimum Gasteiger partial charge on any atom is -0.341 e. The lowest BCUT2D eigenvalue weighted by atomic mass is 10.1. The number of piperidine rings is 1. The van der Waals surface area contributed by atoms with Gasteiger partial charge < -0.3 is 4.90 Å². The molecule has 1 aliphatic heterocycles. The van der Waals surface area contributed by atoms with Gasteiger partial charge in [-0.1, -0.05) is 0 Å². The first-order valence-corrected chi connectivity index (χ1v) is 5.31. The molecule has 1 aliphatic rings. The van der Waals surface area contributed by atoms with E-state index >= 15 is 0 Å². The summed E-state index contributed by atoms with van der Waals surface area (Å²) < 4.78 is 35.6. The number of hydrogen-bond acceptors (Lipinski definition) is 1. The second-order valence-electron chi connectivity index (χ2n) is 3.69. The first kappa shape index (κ1) is 12.6. The van der Waals surface area contributed by atoms with Crippen molar-refractivity contribution in [2.45, 2.75) is 37.2 Å². The van der Waals surface area contributed by atoms with E-state index in [0.29, 0.717) is 13.1 Å². The maximum Gasteiger partial charge on any atom is 0.389 e. The van der Waals surface area contributed by atoms with Crippen molar-refractivity contribution in [3.63, 3.8) is 0 Å². The molecule has 6 heteroatoms. The molecule has 88 valence electrons. The van der Waals surface area contributed by atoms with E-state index in [9.17, 15) is 18.0 Å². The van der Waals surface area contributed by atoms with Crippen molar-refractivity contribution in [1.29, 1.82) is 0 Å². The van der Waals surface area contributed by atoms with Gasteiger partial charge in [0.15, 0.2) is 0 Å². The highest BCUT2D eigenvalue weighted by Gasteiger charge is 2.30. The van der Waals surface area contributed by atoms with Gasteiger partial charge in [0.25, 0.3) is 0 Å². The summed E-state index contributed by atoms with van der Waals surface area (Å²) in [6.07, 6.45) is -4.18. The van der Waals surface area contributed by atoms with E-state index in [2.05, 4.69) is 0 Å². The highest BCUT2D eigenvalue weighted by Crippen LogP contribution is 2.23. The van der Waals surface area contributed by atoms with Gasteiger partial charge in [-0.25, -0.2) is 0 Å². The van der Waals surface area contributed by atoms with Gasteiger partial charge in [0.2, 0.25) is 5.91 Å². The van der Waals surface area contributed by atoms with Crippen LogP contribution in [0, 0.1) is 0 Å². The van der Waals surface area contributed by atoms with Crippen LogP contribution in [0.5, 0.6) is 0 Å². The molecule has 0 bridgehead atoms. The maximum atomic E-state index is 11.9. The van der Waals surface area contributed by atoms with Crippen molar-refractivity contribution in [3.8, 4) is 0 Å². The summed E-state index contributed by atoms with van der Waals surface area (Å²) in [7, 11) is 0. The van der Waals surface area contributed by atoms with E-state index in [1.54, 1.807) is 0 Å². The predicted molar refractivity (Wildman–Crippen MR) is 50.7 cm³/mol. The van der Waals surface area contributed by atoms with Crippen LogP contribution < -0.4 is 0 Å². The third-order valence-corrected chi connectivity index (χ3v) is 2.70. The average molecular weight is 244 g/mol. The van der Waals surface area contributed by atoms with Gasteiger partial charge >= 0.3 is 6.18 Å². The van der Waals surface area contributed by atoms with Crippen molar-refractivity contribution >= 4 is 17.5 Å². The zero-order chi connectivity index (χ0) is 11.5. The molecule has 0 N–H and O–H groups in total. The molecule has 1 saturated heterocycles. The summed E-state index contributed by atoms with van der Waals surface area (Å²) >= 11 is 5.83. The summed E-state index contributed by atoms with van der Waals surface area (Å²) in [5.41, 5.74) is 0. The molecular formula is C9H13ClF3NO. The highest BCUT2D eigenvalue weighted by atomic mass is 35.5. The van der Waals surface area contributed by atoms with Crippen molar-refractivity contribution in [2.75, 3.05) is 13.1 Å². The largest absolute Gasteiger partial charge is 0.389 e. The molecule has 0 spiro atoms. The molecule has 1 heterocycles. The fourth-order valence-electron chi connectivity index (χ4n) is 1.56. The quantitative estimate of drug-likeness (QED) is 0.683. The van der Waals surface area contributed by atoms with E-state index in [4.69, 9.17) is 11.6 Å². The van der Waals surface area contributed by atoms with Gasteiger partial charge in [0.05, 0.1) is 11.8 Å². The summed E-state index contributed by atoms with van der Waals surface area (Å²) in [4.78, 5) is 12.8. The van der Waals surface area contributed by atoms with Crippen LogP contribution in [-0.4, -0.2) is 35.4 Å². The molecule has 0 aromatic carbocycles. The molecule has 0 aliphatic carbocycles. The molecule has 1 fully saturated rings. The second kappa shape index (κ2) is 5.05. The van der Waals surface area contributed by atoms with Crippen LogP contribution in [-0.2, 0) is 4.79 Å². The molecule has 2 nitrogen and oxygen atoms in total. The van der Waals surface area contributed by atoms with Crippen LogP contribution in [0.25, 0.3) is 0 Å². The Kier molecular flexibility index (Phi) is 4.25. The first-order valence-electron chi connectivity index (χ1n) is 4.87. The Morgan fingerprint density at radius 3 is 2.67 bits per heavy atom. The maximum absolute atomic E-state index is 11.9. The lowest BCUT2D eigenvalue weighted by Gasteiger charge is -2.29. The van der Waals surface area contributed by atoms with Crippen LogP contribution in [0.15, 0.2) is 0 Å². The van der Waals surface area contributed by atoms with E-state index < -0.39 is 24.9 Å². The van der Waals surface area contributed by atoms with Gasteiger partial charge in [-0.3, -0.25) is 4.79 Å². The highest BCUT2D eigenvalue weighted by molar-refractivity contribution is 6.20. The first-order chi connectivity index (χ1) is 6.88. The second-order valence-corrected chi connectivity index (χ2v) is 4.31. The number of hydrogen-bond donors (Lipinski definition) is 0. The summed E-state index contributed by atoms with van der Waals surface area (Å²) in [6, 6.07) is 0. The van der Waals surface area contributed by atoms with Crippen LogP contribution in [0.4, 0.5) is 13.2 Å². The Morgan fingerprint density at radius 2 is 2.13 bits per heavy atom. The Balaban J connectivity index is 2.33. The molecule has 1 atom stereocenters. The van der Waals surface area contributed by atoms with Crippen LogP contribution in [0.1, 0.15) is 25.7 Å². The number of rotatable bonds is 2. The predicted octanol–water partition coefficient (Wildman–Crippen LogP) is 2.56. The Morgan fingerprint density at radius 1 is 1.47 bits per heavy atom. The zero-order valence-electron chi connectivity index (χ0n) is 8.19. The van der Waals surface area contributed by atoms with Crippen LogP contribution >= 0.6 is 11.6 Å². The van der Waals surface area contributed by atoms with Gasteiger partial charge in [-0.2, -0.15) is 13.2 Å². The lowest BCUT2D eigenvalue weighted by Crippen LogP contribution is -2.40. The van der Waals surface area contributed by atoms with Crippen molar-refractivity contribution in [1.82, 2.24) is 4.90 Å². The van der Waals surface area contributed by atoms with Crippen LogP contribution in [0.2, 0.25) is 0 Å². The number of nitrogens with zero attached hydrogens (tertiary/aromatic N) is 1. The summed E-state index contributed by atoms with van der Waals surface area (Å²) in [6.45, 7) is 0.901. The number of amides is 1. The minimum atomic E-state index is -4.26. The topological polar surface area (TPSA) is 20.3 Å². The molecule has 1 amide bonds. The number of alkyl halides is 4. The van der Waals surface area contributed by atoms with Crippen molar-refractivity contribution in [2.24, 2.45) is 0 Å². The smallest absolute Gasteiger partial charge is 0.341 e. The number of carbonyl (C=O) groups is 1. The average Bonchev–Trinajstić information content (AvgIpc) is 2.13. The summed E-state index contributed by atoms with van der Waals surface area (Å²) in [5, 5.41) is -0.117. The Hall–Kier alpha value is -0.450. The molecule has 0 aromatic rings. The van der Waals surface area contributed by atoms with Gasteiger partial charge in [-0.15, -0.1) is 11.6 Å². The minimum absolute atomic E-state index is 0.117. The summed E-state index contributed by atoms with van der Waals surface area (Å²) in [5.74, 6) is -0.447. The normalized spacial score (nSPS) is 22.9. The molecule has 0 radical (unpaired) electrons. The zero-order valence-corrected chi connectivity index (χ0v) is 8.94. The molecule has 1 rings (SSSR count). The van der Waals surface area contributed by atoms with Crippen molar-refractivity contribution < 1.29 is 18.0 Å². The molecule has 0 saturated carbocycles. The van der Waals surface area contributed by atoms with E-state index in [0.717, 1.165) is 12.8 Å². The van der Waals surface area contributed by atoms with Gasteiger partial charge in [0, 0.05) is 19.5 Å². The molecular weight excluding hydrogens is 231 g/mol. The lowest BCUT2D eigenvalue weighted by molar-refractivity contribution is -0.149. The van der Waals surface area contributed by atoms with E-state index in [1.165, 1.54) is 4.90 Å². The number of likely N-dealkylation sites (tertiary alicyclic amines) is 1. The fourth-order valence-corrected chi connectivity index (χ4v) is 1.88. The monoisotopic (exact) mass is 243 g/mol. The Labute approximate surface area is 91.4 Å². The number of carbonyl (C=O) groups excluding carboxylic acids is 1. The third-order valence-electron chi connectivity index (χ3n) is 2.34. The molecule has 15 heavy (non-hydrogen) atoms. The SMILES string of the molecule is O=C(CCC(F)(F)F)N1CCCC(Cl)C1. The van der Waals surface area contributed by atoms with Crippen molar-refractivity contribution in [3.05, 3.63) is 0 Å². The molecule has 0 aromatic heterocycles. The van der Waals surface area contributed by atoms with E-state index in [-0.39, 0.29) is 5.38 Å². The molecule has 1 unspecified atom stereocenters. The third kappa shape index (κ3) is 4.73.